The molecule has 3 nitrogen and oxygen atoms in total. The molecule has 0 aromatic heterocycles. The molecule has 1 aromatic carbocycles. The average Bonchev–Trinajstić information content (AvgIpc) is 2.38. The van der Waals surface area contributed by atoms with Crippen molar-refractivity contribution in [1.29, 1.82) is 0 Å². The van der Waals surface area contributed by atoms with Gasteiger partial charge in [-0.15, -0.1) is 11.6 Å². The van der Waals surface area contributed by atoms with Crippen LogP contribution in [0.15, 0.2) is 53.2 Å². The van der Waals surface area contributed by atoms with Gasteiger partial charge in [-0.3, -0.25) is 10.1 Å². The summed E-state index contributed by atoms with van der Waals surface area (Å²) >= 11 is 12.9. The number of hydrogen-bond donors (Lipinski definition) is 0. The molecule has 1 aliphatic carbocycles. The zero-order valence-corrected chi connectivity index (χ0v) is 13.4. The molecule has 0 saturated heterocycles. The third-order valence-corrected chi connectivity index (χ3v) is 4.53. The topological polar surface area (TPSA) is 43.1 Å². The fraction of sp³-hybridized carbons (Fsp3) is 0.375. The highest BCUT2D eigenvalue weighted by Crippen LogP contribution is 2.43. The van der Waals surface area contributed by atoms with E-state index in [9.17, 15) is 10.1 Å². The van der Waals surface area contributed by atoms with Crippen molar-refractivity contribution in [3.05, 3.63) is 68.9 Å². The van der Waals surface area contributed by atoms with E-state index in [-0.39, 0.29) is 22.6 Å². The summed E-state index contributed by atoms with van der Waals surface area (Å²) in [6, 6.07) is 9.84. The lowest BCUT2D eigenvalue weighted by molar-refractivity contribution is -0.420. The van der Waals surface area contributed by atoms with Gasteiger partial charge < -0.3 is 0 Å². The van der Waals surface area contributed by atoms with Crippen molar-refractivity contribution in [1.82, 2.24) is 0 Å². The number of hydrogen-bond acceptors (Lipinski definition) is 2. The largest absolute Gasteiger partial charge is 0.284 e. The first kappa shape index (κ1) is 16.1. The molecule has 2 atom stereocenters. The molecule has 2 rings (SSSR count). The van der Waals surface area contributed by atoms with Crippen molar-refractivity contribution in [2.24, 2.45) is 11.8 Å². The molecule has 0 radical (unpaired) electrons. The standard InChI is InChI=1S/C16H17Cl2NO2/c1-11(2)13-8-15(19(20)21)14(17)10-16(13,18)9-12-6-4-3-5-7-12/h3-8,10-11,13H,9H2,1-2H3. The summed E-state index contributed by atoms with van der Waals surface area (Å²) in [5, 5.41) is 11.2. The molecular weight excluding hydrogens is 309 g/mol. The van der Waals surface area contributed by atoms with E-state index in [0.717, 1.165) is 5.56 Å². The van der Waals surface area contributed by atoms with Crippen LogP contribution in [0.2, 0.25) is 0 Å². The minimum absolute atomic E-state index is 0.0558. The molecule has 0 spiro atoms. The fourth-order valence-electron chi connectivity index (χ4n) is 2.74. The maximum absolute atomic E-state index is 11.1. The van der Waals surface area contributed by atoms with Gasteiger partial charge in [0, 0.05) is 12.0 Å². The van der Waals surface area contributed by atoms with E-state index in [2.05, 4.69) is 0 Å². The lowest BCUT2D eigenvalue weighted by Crippen LogP contribution is -2.37. The van der Waals surface area contributed by atoms with Crippen LogP contribution in [0, 0.1) is 22.0 Å². The van der Waals surface area contributed by atoms with Crippen molar-refractivity contribution in [3.8, 4) is 0 Å². The van der Waals surface area contributed by atoms with Crippen LogP contribution in [-0.4, -0.2) is 9.80 Å². The Hall–Kier alpha value is -1.32. The zero-order valence-electron chi connectivity index (χ0n) is 11.9. The number of halogens is 2. The number of benzene rings is 1. The number of allylic oxidation sites excluding steroid dienone is 3. The molecular formula is C16H17Cl2NO2. The summed E-state index contributed by atoms with van der Waals surface area (Å²) in [5.41, 5.74) is 1.02. The summed E-state index contributed by atoms with van der Waals surface area (Å²) in [6.45, 7) is 4.02. The summed E-state index contributed by atoms with van der Waals surface area (Å²) in [5.74, 6) is 0.0180. The van der Waals surface area contributed by atoms with Crippen LogP contribution in [0.3, 0.4) is 0 Å². The minimum atomic E-state index is -0.744. The first-order chi connectivity index (χ1) is 9.83. The normalized spacial score (nSPS) is 25.5. The Kier molecular flexibility index (Phi) is 4.74. The monoisotopic (exact) mass is 325 g/mol. The van der Waals surface area contributed by atoms with E-state index in [1.165, 1.54) is 0 Å². The van der Waals surface area contributed by atoms with Crippen LogP contribution in [0.1, 0.15) is 19.4 Å². The van der Waals surface area contributed by atoms with Crippen LogP contribution in [0.5, 0.6) is 0 Å². The maximum atomic E-state index is 11.1. The van der Waals surface area contributed by atoms with Crippen LogP contribution in [-0.2, 0) is 6.42 Å². The van der Waals surface area contributed by atoms with Gasteiger partial charge in [-0.25, -0.2) is 0 Å². The highest BCUT2D eigenvalue weighted by Gasteiger charge is 2.42. The summed E-state index contributed by atoms with van der Waals surface area (Å²) < 4.78 is 0. The molecule has 0 N–H and O–H groups in total. The van der Waals surface area contributed by atoms with Gasteiger partial charge in [0.1, 0.15) is 5.03 Å². The molecule has 2 unspecified atom stereocenters. The number of nitro groups is 1. The summed E-state index contributed by atoms with van der Waals surface area (Å²) in [4.78, 5) is 9.88. The molecule has 112 valence electrons. The van der Waals surface area contributed by atoms with E-state index in [1.807, 2.05) is 44.2 Å². The van der Waals surface area contributed by atoms with Gasteiger partial charge in [-0.05, 0) is 24.0 Å². The number of rotatable bonds is 4. The third kappa shape index (κ3) is 3.47. The second-order valence-corrected chi connectivity index (χ2v) is 6.77. The van der Waals surface area contributed by atoms with E-state index in [1.54, 1.807) is 12.2 Å². The molecule has 5 heteroatoms. The van der Waals surface area contributed by atoms with Gasteiger partial charge in [0.15, 0.2) is 0 Å². The van der Waals surface area contributed by atoms with Crippen LogP contribution >= 0.6 is 23.2 Å². The fourth-order valence-corrected chi connectivity index (χ4v) is 3.70. The Bertz CT molecular complexity index is 596. The predicted molar refractivity (Wildman–Crippen MR) is 86.1 cm³/mol. The molecule has 0 aliphatic heterocycles. The molecule has 1 aliphatic rings. The van der Waals surface area contributed by atoms with Crippen LogP contribution < -0.4 is 0 Å². The molecule has 1 aromatic rings. The second kappa shape index (κ2) is 6.20. The van der Waals surface area contributed by atoms with Gasteiger partial charge >= 0.3 is 0 Å². The molecule has 0 saturated carbocycles. The Labute approximate surface area is 134 Å². The third-order valence-electron chi connectivity index (χ3n) is 3.74. The average molecular weight is 326 g/mol. The van der Waals surface area contributed by atoms with E-state index in [4.69, 9.17) is 23.2 Å². The number of alkyl halides is 1. The highest BCUT2D eigenvalue weighted by atomic mass is 35.5. The minimum Gasteiger partial charge on any atom is -0.258 e. The Morgan fingerprint density at radius 2 is 1.95 bits per heavy atom. The molecule has 21 heavy (non-hydrogen) atoms. The lowest BCUT2D eigenvalue weighted by Gasteiger charge is -2.36. The van der Waals surface area contributed by atoms with Crippen molar-refractivity contribution >= 4 is 23.2 Å². The van der Waals surface area contributed by atoms with Gasteiger partial charge in [0.05, 0.1) is 9.80 Å². The molecule has 0 heterocycles. The zero-order chi connectivity index (χ0) is 15.6. The van der Waals surface area contributed by atoms with E-state index >= 15 is 0 Å². The van der Waals surface area contributed by atoms with Gasteiger partial charge in [-0.2, -0.15) is 0 Å². The van der Waals surface area contributed by atoms with Gasteiger partial charge in [-0.1, -0.05) is 55.8 Å². The quantitative estimate of drug-likeness (QED) is 0.454. The van der Waals surface area contributed by atoms with Crippen LogP contribution in [0.25, 0.3) is 0 Å². The van der Waals surface area contributed by atoms with E-state index < -0.39 is 9.80 Å². The maximum Gasteiger partial charge on any atom is 0.284 e. The van der Waals surface area contributed by atoms with E-state index in [0.29, 0.717) is 6.42 Å². The molecule has 0 fully saturated rings. The summed E-state index contributed by atoms with van der Waals surface area (Å²) in [7, 11) is 0. The van der Waals surface area contributed by atoms with Crippen molar-refractivity contribution < 1.29 is 4.92 Å². The molecule has 0 amide bonds. The van der Waals surface area contributed by atoms with Gasteiger partial charge in [0.25, 0.3) is 5.70 Å². The Balaban J connectivity index is 2.39. The lowest BCUT2D eigenvalue weighted by atomic mass is 9.76. The highest BCUT2D eigenvalue weighted by molar-refractivity contribution is 6.34. The first-order valence-electron chi connectivity index (χ1n) is 6.81. The Morgan fingerprint density at radius 3 is 2.48 bits per heavy atom. The SMILES string of the molecule is CC(C)C1C=C([N+](=O)[O-])C(Cl)=CC1(Cl)Cc1ccccc1. The van der Waals surface area contributed by atoms with Crippen molar-refractivity contribution in [2.45, 2.75) is 25.1 Å². The van der Waals surface area contributed by atoms with Crippen LogP contribution in [0.4, 0.5) is 0 Å². The smallest absolute Gasteiger partial charge is 0.258 e. The molecule has 0 bridgehead atoms. The number of nitrogens with zero attached hydrogens (tertiary/aromatic N) is 1. The second-order valence-electron chi connectivity index (χ2n) is 5.66. The van der Waals surface area contributed by atoms with Crippen molar-refractivity contribution in [3.63, 3.8) is 0 Å². The Morgan fingerprint density at radius 1 is 1.33 bits per heavy atom. The first-order valence-corrected chi connectivity index (χ1v) is 7.57. The predicted octanol–water partition coefficient (Wildman–Crippen LogP) is 4.78. The van der Waals surface area contributed by atoms with Gasteiger partial charge in [0.2, 0.25) is 0 Å². The summed E-state index contributed by atoms with van der Waals surface area (Å²) in [6.07, 6.45) is 3.81. The van der Waals surface area contributed by atoms with Crippen molar-refractivity contribution in [2.75, 3.05) is 0 Å².